The fourth-order valence-corrected chi connectivity index (χ4v) is 1.34. The van der Waals surface area contributed by atoms with Gasteiger partial charge in [0.25, 0.3) is 0 Å². The van der Waals surface area contributed by atoms with Gasteiger partial charge in [-0.15, -0.1) is 0 Å². The van der Waals surface area contributed by atoms with Gasteiger partial charge in [-0.05, 0) is 33.9 Å². The second-order valence-electron chi connectivity index (χ2n) is 4.69. The van der Waals surface area contributed by atoms with E-state index in [1.54, 1.807) is 11.9 Å². The molecule has 0 aliphatic heterocycles. The molecule has 0 amide bonds. The first-order valence-corrected chi connectivity index (χ1v) is 6.39. The molecule has 0 aromatic heterocycles. The van der Waals surface area contributed by atoms with Gasteiger partial charge >= 0.3 is 6.18 Å². The van der Waals surface area contributed by atoms with Crippen LogP contribution in [0.3, 0.4) is 0 Å². The summed E-state index contributed by atoms with van der Waals surface area (Å²) in [5.41, 5.74) is 0. The maximum absolute atomic E-state index is 12.0. The van der Waals surface area contributed by atoms with Crippen molar-refractivity contribution < 1.29 is 17.9 Å². The smallest absolute Gasteiger partial charge is 0.379 e. The van der Waals surface area contributed by atoms with Crippen molar-refractivity contribution >= 4 is 0 Å². The summed E-state index contributed by atoms with van der Waals surface area (Å²) < 4.78 is 41.2. The number of hydrogen-bond acceptors (Lipinski definition) is 3. The summed E-state index contributed by atoms with van der Waals surface area (Å²) in [6.45, 7) is 6.92. The summed E-state index contributed by atoms with van der Waals surface area (Å²) in [7, 11) is 1.70. The summed E-state index contributed by atoms with van der Waals surface area (Å²) in [6.07, 6.45) is -3.63. The van der Waals surface area contributed by atoms with Gasteiger partial charge in [-0.25, -0.2) is 0 Å². The van der Waals surface area contributed by atoms with Crippen LogP contribution >= 0.6 is 0 Å². The quantitative estimate of drug-likeness (QED) is 0.616. The molecule has 0 atom stereocenters. The van der Waals surface area contributed by atoms with Crippen molar-refractivity contribution in [2.24, 2.45) is 0 Å². The molecule has 0 radical (unpaired) electrons. The molecule has 0 fully saturated rings. The summed E-state index contributed by atoms with van der Waals surface area (Å²) in [5, 5.41) is 3.18. The van der Waals surface area contributed by atoms with E-state index in [1.807, 2.05) is 13.8 Å². The van der Waals surface area contributed by atoms with E-state index in [0.717, 1.165) is 13.0 Å². The van der Waals surface area contributed by atoms with E-state index < -0.39 is 12.6 Å². The third-order valence-corrected chi connectivity index (χ3v) is 2.40. The molecule has 0 spiro atoms. The molecule has 1 N–H and O–H groups in total. The van der Waals surface area contributed by atoms with Gasteiger partial charge in [-0.1, -0.05) is 0 Å². The fourth-order valence-electron chi connectivity index (χ4n) is 1.34. The normalized spacial score (nSPS) is 12.7. The monoisotopic (exact) mass is 270 g/mol. The van der Waals surface area contributed by atoms with E-state index >= 15 is 0 Å². The molecule has 0 aromatic rings. The summed E-state index contributed by atoms with van der Waals surface area (Å²) >= 11 is 0. The average Bonchev–Trinajstić information content (AvgIpc) is 2.23. The van der Waals surface area contributed by atoms with Crippen molar-refractivity contribution in [1.82, 2.24) is 10.2 Å². The Morgan fingerprint density at radius 3 is 2.39 bits per heavy atom. The lowest BCUT2D eigenvalue weighted by atomic mass is 10.3. The molecule has 6 heteroatoms. The van der Waals surface area contributed by atoms with Crippen LogP contribution in [0.4, 0.5) is 13.2 Å². The topological polar surface area (TPSA) is 24.5 Å². The van der Waals surface area contributed by atoms with Crippen LogP contribution in [-0.2, 0) is 4.74 Å². The lowest BCUT2D eigenvalue weighted by Gasteiger charge is -2.17. The van der Waals surface area contributed by atoms with Gasteiger partial charge < -0.3 is 15.0 Å². The molecular weight excluding hydrogens is 245 g/mol. The number of hydrogen-bond donors (Lipinski definition) is 1. The predicted octanol–water partition coefficient (Wildman–Crippen LogP) is 2.28. The molecule has 18 heavy (non-hydrogen) atoms. The van der Waals surface area contributed by atoms with Crippen molar-refractivity contribution in [1.29, 1.82) is 0 Å². The van der Waals surface area contributed by atoms with Gasteiger partial charge in [0.2, 0.25) is 0 Å². The van der Waals surface area contributed by atoms with Crippen LogP contribution in [0, 0.1) is 0 Å². The van der Waals surface area contributed by atoms with E-state index in [-0.39, 0.29) is 12.6 Å². The van der Waals surface area contributed by atoms with Gasteiger partial charge in [0.15, 0.2) is 0 Å². The lowest BCUT2D eigenvalue weighted by Crippen LogP contribution is -2.32. The van der Waals surface area contributed by atoms with Crippen molar-refractivity contribution in [2.75, 3.05) is 39.8 Å². The molecule has 0 aromatic carbocycles. The Balaban J connectivity index is 3.28. The second-order valence-corrected chi connectivity index (χ2v) is 4.69. The second kappa shape index (κ2) is 9.58. The Morgan fingerprint density at radius 2 is 1.83 bits per heavy atom. The number of ether oxygens (including phenoxy) is 1. The van der Waals surface area contributed by atoms with Crippen molar-refractivity contribution in [3.8, 4) is 0 Å². The van der Waals surface area contributed by atoms with Gasteiger partial charge in [0.1, 0.15) is 0 Å². The maximum Gasteiger partial charge on any atom is 0.390 e. The van der Waals surface area contributed by atoms with E-state index in [9.17, 15) is 13.2 Å². The molecule has 0 unspecified atom stereocenters. The highest BCUT2D eigenvalue weighted by Gasteiger charge is 2.26. The van der Waals surface area contributed by atoms with E-state index in [2.05, 4.69) is 5.32 Å². The van der Waals surface area contributed by atoms with Crippen LogP contribution in [0.2, 0.25) is 0 Å². The zero-order valence-corrected chi connectivity index (χ0v) is 11.5. The first-order chi connectivity index (χ1) is 8.31. The summed E-state index contributed by atoms with van der Waals surface area (Å²) in [6, 6.07) is 0. The predicted molar refractivity (Wildman–Crippen MR) is 66.7 cm³/mol. The number of halogens is 3. The molecule has 0 rings (SSSR count). The standard InChI is InChI=1S/C12H25F3N2O/c1-11(2)18-10-4-6-16-7-9-17(3)8-5-12(13,14)15/h11,16H,4-10H2,1-3H3. The minimum absolute atomic E-state index is 0.0572. The fraction of sp³-hybridized carbons (Fsp3) is 1.00. The number of nitrogens with zero attached hydrogens (tertiary/aromatic N) is 1. The van der Waals surface area contributed by atoms with Crippen LogP contribution in [-0.4, -0.2) is 57.0 Å². The van der Waals surface area contributed by atoms with Crippen molar-refractivity contribution in [3.05, 3.63) is 0 Å². The molecule has 0 aliphatic rings. The zero-order valence-electron chi connectivity index (χ0n) is 11.5. The number of nitrogens with one attached hydrogen (secondary N) is 1. The third-order valence-electron chi connectivity index (χ3n) is 2.40. The van der Waals surface area contributed by atoms with Crippen molar-refractivity contribution in [2.45, 2.75) is 39.0 Å². The van der Waals surface area contributed by atoms with Gasteiger partial charge in [0, 0.05) is 26.2 Å². The number of alkyl halides is 3. The largest absolute Gasteiger partial charge is 0.390 e. The Morgan fingerprint density at radius 1 is 1.17 bits per heavy atom. The third kappa shape index (κ3) is 13.7. The van der Waals surface area contributed by atoms with E-state index in [0.29, 0.717) is 19.7 Å². The van der Waals surface area contributed by atoms with E-state index in [4.69, 9.17) is 4.74 Å². The minimum atomic E-state index is -4.06. The lowest BCUT2D eigenvalue weighted by molar-refractivity contribution is -0.137. The summed E-state index contributed by atoms with van der Waals surface area (Å²) in [4.78, 5) is 1.69. The van der Waals surface area contributed by atoms with Crippen LogP contribution < -0.4 is 5.32 Å². The molecule has 0 saturated heterocycles. The first kappa shape index (κ1) is 17.7. The zero-order chi connectivity index (χ0) is 14.0. The van der Waals surface area contributed by atoms with Crippen LogP contribution in [0.15, 0.2) is 0 Å². The van der Waals surface area contributed by atoms with Crippen LogP contribution in [0.25, 0.3) is 0 Å². The molecular formula is C12H25F3N2O. The highest BCUT2D eigenvalue weighted by Crippen LogP contribution is 2.19. The Bertz CT molecular complexity index is 198. The number of likely N-dealkylation sites (N-methyl/N-ethyl adjacent to an activating group) is 1. The molecule has 3 nitrogen and oxygen atoms in total. The molecule has 0 heterocycles. The Hall–Kier alpha value is -0.330. The first-order valence-electron chi connectivity index (χ1n) is 6.39. The van der Waals surface area contributed by atoms with Gasteiger partial charge in [-0.3, -0.25) is 0 Å². The van der Waals surface area contributed by atoms with E-state index in [1.165, 1.54) is 0 Å². The highest BCUT2D eigenvalue weighted by molar-refractivity contribution is 4.59. The molecule has 110 valence electrons. The average molecular weight is 270 g/mol. The Labute approximate surface area is 108 Å². The summed E-state index contributed by atoms with van der Waals surface area (Å²) in [5.74, 6) is 0. The Kier molecular flexibility index (Phi) is 9.40. The van der Waals surface area contributed by atoms with Crippen LogP contribution in [0.1, 0.15) is 26.7 Å². The molecule has 0 aliphatic carbocycles. The van der Waals surface area contributed by atoms with Crippen molar-refractivity contribution in [3.63, 3.8) is 0 Å². The number of rotatable bonds is 10. The van der Waals surface area contributed by atoms with Gasteiger partial charge in [0.05, 0.1) is 12.5 Å². The maximum atomic E-state index is 12.0. The molecule has 0 saturated carbocycles. The SMILES string of the molecule is CC(C)OCCCNCCN(C)CCC(F)(F)F. The highest BCUT2D eigenvalue weighted by atomic mass is 19.4. The molecule has 0 bridgehead atoms. The van der Waals surface area contributed by atoms with Gasteiger partial charge in [-0.2, -0.15) is 13.2 Å². The van der Waals surface area contributed by atoms with Crippen LogP contribution in [0.5, 0.6) is 0 Å². The minimum Gasteiger partial charge on any atom is -0.379 e.